The van der Waals surface area contributed by atoms with Crippen molar-refractivity contribution in [3.63, 3.8) is 0 Å². The number of carbonyl (C=O) groups is 1. The van der Waals surface area contributed by atoms with E-state index >= 15 is 0 Å². The fourth-order valence-electron chi connectivity index (χ4n) is 2.61. The molecule has 0 fully saturated rings. The maximum atomic E-state index is 11.8. The Balaban J connectivity index is 1.74. The zero-order valence-corrected chi connectivity index (χ0v) is 15.0. The molecule has 0 aliphatic heterocycles. The summed E-state index contributed by atoms with van der Waals surface area (Å²) in [5, 5.41) is 0.880. The zero-order chi connectivity index (χ0) is 18.8. The van der Waals surface area contributed by atoms with Crippen molar-refractivity contribution in [2.75, 3.05) is 6.54 Å². The van der Waals surface area contributed by atoms with Crippen molar-refractivity contribution in [1.29, 1.82) is 0 Å². The number of nitrogens with zero attached hydrogens (tertiary/aromatic N) is 1. The molecule has 1 atom stereocenters. The Morgan fingerprint density at radius 1 is 0.962 bits per heavy atom. The number of rotatable bonds is 9. The van der Waals surface area contributed by atoms with Gasteiger partial charge in [0.05, 0.1) is 6.17 Å². The van der Waals surface area contributed by atoms with Gasteiger partial charge in [0, 0.05) is 0 Å². The number of hydrogen-bond acceptors (Lipinski definition) is 5. The van der Waals surface area contributed by atoms with Gasteiger partial charge < -0.3 is 16.2 Å². The standard InChI is InChI=1S/C20H28N4O2/c21-14-13-19(22)24(23)20(25)26-15-18-11-9-17(10-12-18)8-4-7-16-5-2-1-3-6-16/h1-3,5-6,9-12,19H,4,7-8,13-15,21-23H2. The predicted molar refractivity (Wildman–Crippen MR) is 103 cm³/mol. The van der Waals surface area contributed by atoms with Crippen LogP contribution in [0.1, 0.15) is 29.5 Å². The molecule has 0 heterocycles. The van der Waals surface area contributed by atoms with Crippen LogP contribution in [0.4, 0.5) is 4.79 Å². The highest BCUT2D eigenvalue weighted by Crippen LogP contribution is 2.11. The minimum Gasteiger partial charge on any atom is -0.444 e. The summed E-state index contributed by atoms with van der Waals surface area (Å²) in [5.74, 6) is 5.62. The Kier molecular flexibility index (Phi) is 8.08. The third-order valence-electron chi connectivity index (χ3n) is 4.19. The van der Waals surface area contributed by atoms with E-state index in [1.807, 2.05) is 18.2 Å². The normalized spacial score (nSPS) is 11.8. The number of ether oxygens (including phenoxy) is 1. The lowest BCUT2D eigenvalue weighted by atomic mass is 10.0. The maximum absolute atomic E-state index is 11.8. The number of carbonyl (C=O) groups excluding carboxylic acids is 1. The predicted octanol–water partition coefficient (Wildman–Crippen LogP) is 2.31. The lowest BCUT2D eigenvalue weighted by Crippen LogP contribution is -2.51. The van der Waals surface area contributed by atoms with Gasteiger partial charge in [-0.05, 0) is 48.9 Å². The van der Waals surface area contributed by atoms with Crippen LogP contribution in [0.15, 0.2) is 54.6 Å². The minimum atomic E-state index is -0.655. The van der Waals surface area contributed by atoms with Crippen molar-refractivity contribution >= 4 is 6.09 Å². The Morgan fingerprint density at radius 3 is 2.15 bits per heavy atom. The number of benzene rings is 2. The molecule has 6 N–H and O–H groups in total. The van der Waals surface area contributed by atoms with Crippen LogP contribution in [0.5, 0.6) is 0 Å². The van der Waals surface area contributed by atoms with Crippen LogP contribution >= 0.6 is 0 Å². The monoisotopic (exact) mass is 356 g/mol. The number of nitrogens with two attached hydrogens (primary N) is 3. The maximum Gasteiger partial charge on any atom is 0.425 e. The first-order chi connectivity index (χ1) is 12.6. The fourth-order valence-corrected chi connectivity index (χ4v) is 2.61. The topological polar surface area (TPSA) is 108 Å². The van der Waals surface area contributed by atoms with Crippen LogP contribution in [0, 0.1) is 0 Å². The summed E-state index contributed by atoms with van der Waals surface area (Å²) in [4.78, 5) is 11.8. The highest BCUT2D eigenvalue weighted by Gasteiger charge is 2.17. The second kappa shape index (κ2) is 10.6. The van der Waals surface area contributed by atoms with Crippen molar-refractivity contribution in [2.24, 2.45) is 17.3 Å². The molecule has 0 bridgehead atoms. The van der Waals surface area contributed by atoms with E-state index in [9.17, 15) is 4.79 Å². The number of hydrazine groups is 1. The number of amides is 1. The summed E-state index contributed by atoms with van der Waals surface area (Å²) >= 11 is 0. The van der Waals surface area contributed by atoms with Gasteiger partial charge in [0.15, 0.2) is 0 Å². The third kappa shape index (κ3) is 6.48. The third-order valence-corrected chi connectivity index (χ3v) is 4.19. The summed E-state index contributed by atoms with van der Waals surface area (Å²) in [6, 6.07) is 18.5. The van der Waals surface area contributed by atoms with Crippen molar-refractivity contribution in [2.45, 2.75) is 38.5 Å². The van der Waals surface area contributed by atoms with Crippen LogP contribution in [0.25, 0.3) is 0 Å². The molecule has 0 radical (unpaired) electrons. The van der Waals surface area contributed by atoms with Gasteiger partial charge >= 0.3 is 6.09 Å². The van der Waals surface area contributed by atoms with Gasteiger partial charge in [-0.2, -0.15) is 0 Å². The molecule has 2 rings (SSSR count). The summed E-state index contributed by atoms with van der Waals surface area (Å²) in [6.45, 7) is 0.514. The van der Waals surface area contributed by atoms with E-state index in [1.54, 1.807) is 0 Å². The molecule has 0 aliphatic rings. The Bertz CT molecular complexity index is 661. The van der Waals surface area contributed by atoms with Gasteiger partial charge in [-0.15, -0.1) is 0 Å². The van der Waals surface area contributed by atoms with Gasteiger partial charge in [0.1, 0.15) is 6.61 Å². The van der Waals surface area contributed by atoms with Crippen molar-refractivity contribution in [3.8, 4) is 0 Å². The van der Waals surface area contributed by atoms with E-state index in [4.69, 9.17) is 22.0 Å². The quantitative estimate of drug-likeness (QED) is 0.277. The molecule has 0 aliphatic carbocycles. The van der Waals surface area contributed by atoms with Crippen LogP contribution in [-0.4, -0.2) is 23.8 Å². The highest BCUT2D eigenvalue weighted by molar-refractivity contribution is 5.67. The van der Waals surface area contributed by atoms with E-state index in [0.29, 0.717) is 13.0 Å². The first-order valence-corrected chi connectivity index (χ1v) is 8.88. The lowest BCUT2D eigenvalue weighted by molar-refractivity contribution is 0.0799. The van der Waals surface area contributed by atoms with E-state index < -0.39 is 12.3 Å². The van der Waals surface area contributed by atoms with Gasteiger partial charge in [0.25, 0.3) is 0 Å². The second-order valence-electron chi connectivity index (χ2n) is 6.26. The van der Waals surface area contributed by atoms with Crippen molar-refractivity contribution in [3.05, 3.63) is 71.3 Å². The Morgan fingerprint density at radius 2 is 1.54 bits per heavy atom. The largest absolute Gasteiger partial charge is 0.444 e. The Hall–Kier alpha value is -2.41. The Labute approximate surface area is 154 Å². The lowest BCUT2D eigenvalue weighted by Gasteiger charge is -2.22. The molecule has 2 aromatic carbocycles. The molecule has 0 saturated heterocycles. The molecule has 140 valence electrons. The van der Waals surface area contributed by atoms with Crippen molar-refractivity contribution < 1.29 is 9.53 Å². The van der Waals surface area contributed by atoms with Crippen LogP contribution in [0.2, 0.25) is 0 Å². The van der Waals surface area contributed by atoms with Gasteiger partial charge in [-0.3, -0.25) is 0 Å². The molecular weight excluding hydrogens is 328 g/mol. The minimum absolute atomic E-state index is 0.159. The molecule has 0 saturated carbocycles. The summed E-state index contributed by atoms with van der Waals surface area (Å²) in [6.07, 6.45) is 2.30. The molecule has 1 amide bonds. The summed E-state index contributed by atoms with van der Waals surface area (Å²) < 4.78 is 5.18. The SMILES string of the molecule is NCCC(N)N(N)C(=O)OCc1ccc(CCCc2ccccc2)cc1. The number of aryl methyl sites for hydroxylation is 2. The van der Waals surface area contributed by atoms with Gasteiger partial charge in [-0.25, -0.2) is 15.6 Å². The fraction of sp³-hybridized carbons (Fsp3) is 0.350. The molecule has 1 unspecified atom stereocenters. The number of hydrogen-bond donors (Lipinski definition) is 3. The molecular formula is C20H28N4O2. The molecule has 0 aromatic heterocycles. The molecule has 6 nitrogen and oxygen atoms in total. The van der Waals surface area contributed by atoms with Crippen LogP contribution in [-0.2, 0) is 24.2 Å². The first kappa shape index (κ1) is 19.9. The van der Waals surface area contributed by atoms with Crippen LogP contribution in [0.3, 0.4) is 0 Å². The van der Waals surface area contributed by atoms with Gasteiger partial charge in [-0.1, -0.05) is 54.6 Å². The molecule has 0 spiro atoms. The summed E-state index contributed by atoms with van der Waals surface area (Å²) in [7, 11) is 0. The van der Waals surface area contributed by atoms with Crippen molar-refractivity contribution in [1.82, 2.24) is 5.01 Å². The molecule has 2 aromatic rings. The average Bonchev–Trinajstić information content (AvgIpc) is 2.67. The second-order valence-corrected chi connectivity index (χ2v) is 6.26. The smallest absolute Gasteiger partial charge is 0.425 e. The van der Waals surface area contributed by atoms with E-state index in [2.05, 4.69) is 36.4 Å². The first-order valence-electron chi connectivity index (χ1n) is 8.88. The molecule has 26 heavy (non-hydrogen) atoms. The molecule has 6 heteroatoms. The van der Waals surface area contributed by atoms with E-state index in [-0.39, 0.29) is 6.61 Å². The summed E-state index contributed by atoms with van der Waals surface area (Å²) in [5.41, 5.74) is 14.7. The highest BCUT2D eigenvalue weighted by atomic mass is 16.6. The average molecular weight is 356 g/mol. The van der Waals surface area contributed by atoms with Gasteiger partial charge in [0.2, 0.25) is 0 Å². The van der Waals surface area contributed by atoms with E-state index in [0.717, 1.165) is 29.8 Å². The van der Waals surface area contributed by atoms with E-state index in [1.165, 1.54) is 11.1 Å². The zero-order valence-electron chi connectivity index (χ0n) is 15.0. The van der Waals surface area contributed by atoms with Crippen LogP contribution < -0.4 is 17.3 Å².